The number of carbonyl (C=O) groups is 1. The summed E-state index contributed by atoms with van der Waals surface area (Å²) in [4.78, 5) is 12.3. The van der Waals surface area contributed by atoms with E-state index in [0.717, 1.165) is 11.3 Å². The number of benzene rings is 1. The predicted octanol–water partition coefficient (Wildman–Crippen LogP) is 2.82. The molecule has 0 bridgehead atoms. The van der Waals surface area contributed by atoms with Crippen LogP contribution in [0.1, 0.15) is 25.8 Å². The highest BCUT2D eigenvalue weighted by molar-refractivity contribution is 7.99. The van der Waals surface area contributed by atoms with Crippen LogP contribution in [0.2, 0.25) is 0 Å². The normalized spacial score (nSPS) is 10.0. The first-order valence-electron chi connectivity index (χ1n) is 5.24. The summed E-state index contributed by atoms with van der Waals surface area (Å²) in [6, 6.07) is 8.32. The number of carbonyl (C=O) groups excluding carboxylic acids is 1. The second-order valence-electron chi connectivity index (χ2n) is 3.21. The van der Waals surface area contributed by atoms with Gasteiger partial charge in [0.25, 0.3) is 0 Å². The zero-order valence-electron chi connectivity index (χ0n) is 9.25. The van der Waals surface area contributed by atoms with E-state index in [1.807, 2.05) is 18.7 Å². The summed E-state index contributed by atoms with van der Waals surface area (Å²) in [5, 5.41) is 2.85. The predicted molar refractivity (Wildman–Crippen MR) is 65.0 cm³/mol. The molecule has 0 saturated carbocycles. The van der Waals surface area contributed by atoms with Gasteiger partial charge in [-0.25, -0.2) is 0 Å². The summed E-state index contributed by atoms with van der Waals surface area (Å²) < 4.78 is 0. The van der Waals surface area contributed by atoms with E-state index in [1.54, 1.807) is 0 Å². The molecule has 0 spiro atoms. The SMILES string of the molecule is CCSc1ccc(CNC(=O)CC)cc1. The Labute approximate surface area is 95.5 Å². The highest BCUT2D eigenvalue weighted by atomic mass is 32.2. The van der Waals surface area contributed by atoms with Crippen molar-refractivity contribution in [2.45, 2.75) is 31.7 Å². The van der Waals surface area contributed by atoms with Crippen LogP contribution in [0.15, 0.2) is 29.2 Å². The van der Waals surface area contributed by atoms with Crippen molar-refractivity contribution in [1.29, 1.82) is 0 Å². The van der Waals surface area contributed by atoms with Gasteiger partial charge in [0.15, 0.2) is 0 Å². The molecule has 1 N–H and O–H groups in total. The van der Waals surface area contributed by atoms with Crippen molar-refractivity contribution < 1.29 is 4.79 Å². The maximum atomic E-state index is 11.0. The lowest BCUT2D eigenvalue weighted by Crippen LogP contribution is -2.21. The molecule has 3 heteroatoms. The minimum absolute atomic E-state index is 0.0991. The van der Waals surface area contributed by atoms with Gasteiger partial charge in [0.1, 0.15) is 0 Å². The molecule has 0 aliphatic heterocycles. The van der Waals surface area contributed by atoms with Crippen LogP contribution in [0, 0.1) is 0 Å². The molecule has 0 unspecified atom stereocenters. The molecular weight excluding hydrogens is 206 g/mol. The Morgan fingerprint density at radius 1 is 1.27 bits per heavy atom. The zero-order chi connectivity index (χ0) is 11.1. The van der Waals surface area contributed by atoms with Crippen molar-refractivity contribution in [1.82, 2.24) is 5.32 Å². The van der Waals surface area contributed by atoms with Crippen molar-refractivity contribution in [3.8, 4) is 0 Å². The smallest absolute Gasteiger partial charge is 0.219 e. The van der Waals surface area contributed by atoms with E-state index in [2.05, 4.69) is 36.5 Å². The maximum Gasteiger partial charge on any atom is 0.219 e. The van der Waals surface area contributed by atoms with E-state index < -0.39 is 0 Å². The van der Waals surface area contributed by atoms with Crippen LogP contribution in [0.25, 0.3) is 0 Å². The van der Waals surface area contributed by atoms with Crippen LogP contribution >= 0.6 is 11.8 Å². The van der Waals surface area contributed by atoms with Crippen LogP contribution in [0.4, 0.5) is 0 Å². The molecule has 15 heavy (non-hydrogen) atoms. The van der Waals surface area contributed by atoms with Gasteiger partial charge in [-0.3, -0.25) is 4.79 Å². The number of nitrogens with one attached hydrogen (secondary N) is 1. The van der Waals surface area contributed by atoms with Gasteiger partial charge in [-0.05, 0) is 23.4 Å². The minimum Gasteiger partial charge on any atom is -0.352 e. The number of amides is 1. The van der Waals surface area contributed by atoms with Gasteiger partial charge in [-0.1, -0.05) is 26.0 Å². The second kappa shape index (κ2) is 6.51. The summed E-state index contributed by atoms with van der Waals surface area (Å²) in [6.07, 6.45) is 0.545. The van der Waals surface area contributed by atoms with E-state index >= 15 is 0 Å². The molecule has 0 radical (unpaired) electrons. The fourth-order valence-corrected chi connectivity index (χ4v) is 1.86. The monoisotopic (exact) mass is 223 g/mol. The fraction of sp³-hybridized carbons (Fsp3) is 0.417. The number of hydrogen-bond donors (Lipinski definition) is 1. The van der Waals surface area contributed by atoms with Crippen molar-refractivity contribution in [2.24, 2.45) is 0 Å². The molecule has 1 rings (SSSR count). The van der Waals surface area contributed by atoms with Gasteiger partial charge in [-0.15, -0.1) is 11.8 Å². The Kier molecular flexibility index (Phi) is 5.26. The molecule has 0 aliphatic carbocycles. The number of hydrogen-bond acceptors (Lipinski definition) is 2. The van der Waals surface area contributed by atoms with Crippen molar-refractivity contribution in [2.75, 3.05) is 5.75 Å². The fourth-order valence-electron chi connectivity index (χ4n) is 1.20. The van der Waals surface area contributed by atoms with Gasteiger partial charge in [0.05, 0.1) is 0 Å². The second-order valence-corrected chi connectivity index (χ2v) is 4.54. The molecule has 2 nitrogen and oxygen atoms in total. The third kappa shape index (κ3) is 4.38. The van der Waals surface area contributed by atoms with Crippen molar-refractivity contribution in [3.05, 3.63) is 29.8 Å². The third-order valence-electron chi connectivity index (χ3n) is 2.05. The van der Waals surface area contributed by atoms with Crippen LogP contribution in [-0.4, -0.2) is 11.7 Å². The Hall–Kier alpha value is -0.960. The lowest BCUT2D eigenvalue weighted by Gasteiger charge is -2.04. The average Bonchev–Trinajstić information content (AvgIpc) is 2.28. The first-order chi connectivity index (χ1) is 7.26. The quantitative estimate of drug-likeness (QED) is 0.778. The first-order valence-corrected chi connectivity index (χ1v) is 6.23. The summed E-state index contributed by atoms with van der Waals surface area (Å²) in [5.41, 5.74) is 1.15. The Bertz CT molecular complexity index is 308. The Morgan fingerprint density at radius 2 is 1.93 bits per heavy atom. The lowest BCUT2D eigenvalue weighted by atomic mass is 10.2. The van der Waals surface area contributed by atoms with Gasteiger partial charge < -0.3 is 5.32 Å². The zero-order valence-corrected chi connectivity index (χ0v) is 10.1. The molecule has 0 saturated heterocycles. The van der Waals surface area contributed by atoms with Crippen molar-refractivity contribution in [3.63, 3.8) is 0 Å². The van der Waals surface area contributed by atoms with Gasteiger partial charge in [-0.2, -0.15) is 0 Å². The molecule has 0 fully saturated rings. The van der Waals surface area contributed by atoms with E-state index in [-0.39, 0.29) is 5.91 Å². The summed E-state index contributed by atoms with van der Waals surface area (Å²) in [5.74, 6) is 1.19. The molecule has 0 aromatic heterocycles. The molecule has 0 atom stereocenters. The lowest BCUT2D eigenvalue weighted by molar-refractivity contribution is -0.120. The Balaban J connectivity index is 2.45. The molecule has 0 heterocycles. The Morgan fingerprint density at radius 3 is 2.47 bits per heavy atom. The van der Waals surface area contributed by atoms with E-state index in [9.17, 15) is 4.79 Å². The number of thioether (sulfide) groups is 1. The minimum atomic E-state index is 0.0991. The van der Waals surface area contributed by atoms with E-state index in [1.165, 1.54) is 4.90 Å². The average molecular weight is 223 g/mol. The van der Waals surface area contributed by atoms with Crippen LogP contribution in [0.3, 0.4) is 0 Å². The van der Waals surface area contributed by atoms with E-state index in [4.69, 9.17) is 0 Å². The first kappa shape index (κ1) is 12.1. The summed E-state index contributed by atoms with van der Waals surface area (Å²) in [7, 11) is 0. The van der Waals surface area contributed by atoms with Crippen LogP contribution in [-0.2, 0) is 11.3 Å². The van der Waals surface area contributed by atoms with Crippen LogP contribution in [0.5, 0.6) is 0 Å². The topological polar surface area (TPSA) is 29.1 Å². The van der Waals surface area contributed by atoms with Gasteiger partial charge in [0, 0.05) is 17.9 Å². The van der Waals surface area contributed by atoms with Gasteiger partial charge in [0.2, 0.25) is 5.91 Å². The van der Waals surface area contributed by atoms with Gasteiger partial charge >= 0.3 is 0 Å². The van der Waals surface area contributed by atoms with Crippen LogP contribution < -0.4 is 5.32 Å². The molecule has 1 amide bonds. The summed E-state index contributed by atoms with van der Waals surface area (Å²) in [6.45, 7) is 4.63. The maximum absolute atomic E-state index is 11.0. The third-order valence-corrected chi connectivity index (χ3v) is 2.94. The van der Waals surface area contributed by atoms with Crippen molar-refractivity contribution >= 4 is 17.7 Å². The largest absolute Gasteiger partial charge is 0.352 e. The highest BCUT2D eigenvalue weighted by Crippen LogP contribution is 2.17. The molecule has 1 aromatic carbocycles. The molecule has 82 valence electrons. The van der Waals surface area contributed by atoms with E-state index in [0.29, 0.717) is 13.0 Å². The standard InChI is InChI=1S/C12H17NOS/c1-3-12(14)13-9-10-5-7-11(8-6-10)15-4-2/h5-8H,3-4,9H2,1-2H3,(H,13,14). The molecule has 0 aliphatic rings. The highest BCUT2D eigenvalue weighted by Gasteiger charge is 1.97. The summed E-state index contributed by atoms with van der Waals surface area (Å²) >= 11 is 1.83. The number of rotatable bonds is 5. The molecular formula is C12H17NOS. The molecule has 1 aromatic rings.